The highest BCUT2D eigenvalue weighted by atomic mass is 32.2. The molecular formula is C21H20N2O4S. The topological polar surface area (TPSA) is 75.7 Å². The van der Waals surface area contributed by atoms with Gasteiger partial charge < -0.3 is 10.1 Å². The Morgan fingerprint density at radius 1 is 1.04 bits per heavy atom. The molecule has 1 aliphatic rings. The summed E-state index contributed by atoms with van der Waals surface area (Å²) >= 11 is 0. The summed E-state index contributed by atoms with van der Waals surface area (Å²) in [6.07, 6.45) is 0.651. The molecular weight excluding hydrogens is 376 g/mol. The maximum Gasteiger partial charge on any atom is 0.265 e. The third-order valence-electron chi connectivity index (χ3n) is 4.86. The minimum absolute atomic E-state index is 0.237. The van der Waals surface area contributed by atoms with Crippen LogP contribution in [-0.2, 0) is 21.2 Å². The minimum atomic E-state index is -3.72. The third-order valence-corrected chi connectivity index (χ3v) is 6.67. The summed E-state index contributed by atoms with van der Waals surface area (Å²) in [5.41, 5.74) is 1.62. The number of carbonyl (C=O) groups excluding carboxylic acids is 1. The van der Waals surface area contributed by atoms with E-state index in [9.17, 15) is 13.2 Å². The first-order chi connectivity index (χ1) is 13.5. The third kappa shape index (κ3) is 3.18. The molecule has 0 unspecified atom stereocenters. The molecule has 28 heavy (non-hydrogen) atoms. The van der Waals surface area contributed by atoms with Crippen molar-refractivity contribution in [2.75, 3.05) is 24.5 Å². The number of nitrogens with zero attached hydrogens (tertiary/aromatic N) is 1. The first kappa shape index (κ1) is 18.3. The van der Waals surface area contributed by atoms with E-state index in [1.165, 1.54) is 4.31 Å². The lowest BCUT2D eigenvalue weighted by Crippen LogP contribution is -2.39. The van der Waals surface area contributed by atoms with Crippen molar-refractivity contribution in [3.05, 3.63) is 66.2 Å². The Labute approximate surface area is 163 Å². The van der Waals surface area contributed by atoms with E-state index in [0.29, 0.717) is 24.0 Å². The molecule has 7 heteroatoms. The molecule has 6 nitrogen and oxygen atoms in total. The maximum atomic E-state index is 12.9. The number of ether oxygens (including phenoxy) is 1. The second-order valence-corrected chi connectivity index (χ2v) is 8.42. The molecule has 0 bridgehead atoms. The van der Waals surface area contributed by atoms with Crippen LogP contribution in [0.5, 0.6) is 5.75 Å². The van der Waals surface area contributed by atoms with Gasteiger partial charge >= 0.3 is 0 Å². The van der Waals surface area contributed by atoms with E-state index >= 15 is 0 Å². The molecule has 0 atom stereocenters. The molecule has 4 rings (SSSR count). The largest absolute Gasteiger partial charge is 0.497 e. The molecule has 1 heterocycles. The summed E-state index contributed by atoms with van der Waals surface area (Å²) in [5.74, 6) is 0.447. The highest BCUT2D eigenvalue weighted by molar-refractivity contribution is 7.93. The van der Waals surface area contributed by atoms with E-state index in [2.05, 4.69) is 5.32 Å². The van der Waals surface area contributed by atoms with Gasteiger partial charge in [-0.3, -0.25) is 9.10 Å². The average molecular weight is 396 g/mol. The van der Waals surface area contributed by atoms with E-state index in [4.69, 9.17) is 4.74 Å². The molecule has 0 aromatic heterocycles. The lowest BCUT2D eigenvalue weighted by atomic mass is 10.1. The average Bonchev–Trinajstić information content (AvgIpc) is 2.92. The second kappa shape index (κ2) is 7.16. The summed E-state index contributed by atoms with van der Waals surface area (Å²) in [4.78, 5) is 12.7. The lowest BCUT2D eigenvalue weighted by molar-refractivity contribution is -0.119. The van der Waals surface area contributed by atoms with Crippen LogP contribution in [0.2, 0.25) is 0 Å². The predicted octanol–water partition coefficient (Wildman–Crippen LogP) is 2.72. The van der Waals surface area contributed by atoms with Gasteiger partial charge in [0.1, 0.15) is 12.3 Å². The molecule has 3 aromatic carbocycles. The van der Waals surface area contributed by atoms with Crippen LogP contribution in [0.15, 0.2) is 65.6 Å². The van der Waals surface area contributed by atoms with Crippen LogP contribution in [0.25, 0.3) is 10.8 Å². The van der Waals surface area contributed by atoms with Crippen molar-refractivity contribution in [1.82, 2.24) is 5.32 Å². The second-order valence-electron chi connectivity index (χ2n) is 6.59. The molecule has 0 aliphatic carbocycles. The number of hydrogen-bond acceptors (Lipinski definition) is 4. The van der Waals surface area contributed by atoms with Crippen LogP contribution in [0.3, 0.4) is 0 Å². The van der Waals surface area contributed by atoms with E-state index in [1.54, 1.807) is 31.4 Å². The van der Waals surface area contributed by atoms with E-state index in [0.717, 1.165) is 16.7 Å². The Morgan fingerprint density at radius 2 is 1.75 bits per heavy atom. The van der Waals surface area contributed by atoms with Gasteiger partial charge in [-0.25, -0.2) is 8.42 Å². The van der Waals surface area contributed by atoms with Crippen LogP contribution >= 0.6 is 0 Å². The van der Waals surface area contributed by atoms with Gasteiger partial charge in [0.25, 0.3) is 10.0 Å². The first-order valence-corrected chi connectivity index (χ1v) is 10.4. The maximum absolute atomic E-state index is 12.9. The number of rotatable bonds is 6. The fourth-order valence-electron chi connectivity index (χ4n) is 3.45. The van der Waals surface area contributed by atoms with Crippen molar-refractivity contribution in [3.8, 4) is 5.75 Å². The zero-order chi connectivity index (χ0) is 19.7. The summed E-state index contributed by atoms with van der Waals surface area (Å²) in [5, 5.41) is 4.33. The molecule has 0 saturated carbocycles. The van der Waals surface area contributed by atoms with Gasteiger partial charge in [-0.05, 0) is 41.6 Å². The number of benzene rings is 3. The Hall–Kier alpha value is -3.06. The van der Waals surface area contributed by atoms with Gasteiger partial charge in [0, 0.05) is 11.9 Å². The standard InChI is InChI=1S/C21H20N2O4S/c1-27-17-10-8-15(9-11-17)12-13-22-20(24)14-23-18-6-2-4-16-5-3-7-19(21(16)18)28(23,25)26/h2-11H,12-14H2,1H3,(H,22,24). The monoisotopic (exact) mass is 396 g/mol. The highest BCUT2D eigenvalue weighted by Crippen LogP contribution is 2.41. The van der Waals surface area contributed by atoms with Gasteiger partial charge in [-0.2, -0.15) is 0 Å². The Kier molecular flexibility index (Phi) is 4.68. The van der Waals surface area contributed by atoms with Crippen molar-refractivity contribution in [2.24, 2.45) is 0 Å². The van der Waals surface area contributed by atoms with Crippen LogP contribution in [0, 0.1) is 0 Å². The number of carbonyl (C=O) groups is 1. The Morgan fingerprint density at radius 3 is 2.46 bits per heavy atom. The zero-order valence-electron chi connectivity index (χ0n) is 15.4. The fourth-order valence-corrected chi connectivity index (χ4v) is 5.12. The number of nitrogens with one attached hydrogen (secondary N) is 1. The molecule has 3 aromatic rings. The lowest BCUT2D eigenvalue weighted by Gasteiger charge is -2.18. The summed E-state index contributed by atoms with van der Waals surface area (Å²) < 4.78 is 32.1. The van der Waals surface area contributed by atoms with Gasteiger partial charge in [-0.15, -0.1) is 0 Å². The zero-order valence-corrected chi connectivity index (χ0v) is 16.2. The molecule has 1 amide bonds. The summed E-state index contributed by atoms with van der Waals surface area (Å²) in [6, 6.07) is 18.2. The molecule has 1 N–H and O–H groups in total. The van der Waals surface area contributed by atoms with Crippen LogP contribution in [0.4, 0.5) is 5.69 Å². The molecule has 1 aliphatic heterocycles. The van der Waals surface area contributed by atoms with Crippen molar-refractivity contribution in [2.45, 2.75) is 11.3 Å². The fraction of sp³-hybridized carbons (Fsp3) is 0.190. The Balaban J connectivity index is 1.44. The smallest absolute Gasteiger partial charge is 0.265 e. The number of amides is 1. The van der Waals surface area contributed by atoms with Gasteiger partial charge in [0.15, 0.2) is 0 Å². The number of anilines is 1. The quantitative estimate of drug-likeness (QED) is 0.695. The Bertz CT molecular complexity index is 1140. The van der Waals surface area contributed by atoms with Gasteiger partial charge in [-0.1, -0.05) is 36.4 Å². The summed E-state index contributed by atoms with van der Waals surface area (Å²) in [6.45, 7) is 0.189. The molecule has 0 saturated heterocycles. The normalized spacial score (nSPS) is 14.2. The van der Waals surface area contributed by atoms with Gasteiger partial charge in [0.05, 0.1) is 17.7 Å². The molecule has 144 valence electrons. The highest BCUT2D eigenvalue weighted by Gasteiger charge is 2.36. The SMILES string of the molecule is COc1ccc(CCNC(=O)CN2c3cccc4cccc(c34)S2(=O)=O)cc1. The van der Waals surface area contributed by atoms with Crippen LogP contribution < -0.4 is 14.4 Å². The molecule has 0 fully saturated rings. The number of hydrogen-bond donors (Lipinski definition) is 1. The number of methoxy groups -OCH3 is 1. The predicted molar refractivity (Wildman–Crippen MR) is 108 cm³/mol. The van der Waals surface area contributed by atoms with Crippen molar-refractivity contribution in [3.63, 3.8) is 0 Å². The van der Waals surface area contributed by atoms with Gasteiger partial charge in [0.2, 0.25) is 5.91 Å². The van der Waals surface area contributed by atoms with E-state index in [1.807, 2.05) is 36.4 Å². The minimum Gasteiger partial charge on any atom is -0.497 e. The van der Waals surface area contributed by atoms with E-state index < -0.39 is 10.0 Å². The first-order valence-electron chi connectivity index (χ1n) is 8.95. The molecule has 0 radical (unpaired) electrons. The van der Waals surface area contributed by atoms with Crippen LogP contribution in [0.1, 0.15) is 5.56 Å². The van der Waals surface area contributed by atoms with Crippen molar-refractivity contribution in [1.29, 1.82) is 0 Å². The van der Waals surface area contributed by atoms with Crippen molar-refractivity contribution >= 4 is 32.4 Å². The van der Waals surface area contributed by atoms with Crippen LogP contribution in [-0.4, -0.2) is 34.5 Å². The molecule has 0 spiro atoms. The van der Waals surface area contributed by atoms with E-state index in [-0.39, 0.29) is 17.3 Å². The summed E-state index contributed by atoms with van der Waals surface area (Å²) in [7, 11) is -2.11. The number of sulfonamides is 1. The van der Waals surface area contributed by atoms with Crippen molar-refractivity contribution < 1.29 is 17.9 Å².